The first-order valence-electron chi connectivity index (χ1n) is 12.3. The number of hydrazone groups is 1. The Morgan fingerprint density at radius 2 is 1.46 bits per heavy atom. The first-order valence-corrected chi connectivity index (χ1v) is 12.3. The van der Waals surface area contributed by atoms with E-state index in [-0.39, 0.29) is 11.7 Å². The fraction of sp³-hybridized carbons (Fsp3) is 0.129. The highest BCUT2D eigenvalue weighted by atomic mass is 16.6. The molecule has 0 radical (unpaired) electrons. The molecule has 0 aliphatic rings. The van der Waals surface area contributed by atoms with Crippen LogP contribution in [0.2, 0.25) is 0 Å². The third kappa shape index (κ3) is 7.69. The van der Waals surface area contributed by atoms with Crippen LogP contribution in [0.3, 0.4) is 0 Å². The third-order valence-corrected chi connectivity index (χ3v) is 5.54. The zero-order valence-electron chi connectivity index (χ0n) is 21.6. The molecule has 0 fully saturated rings. The van der Waals surface area contributed by atoms with E-state index in [0.717, 1.165) is 5.56 Å². The molecule has 198 valence electrons. The molecule has 0 aliphatic heterocycles. The maximum absolute atomic E-state index is 12.5. The van der Waals surface area contributed by atoms with Gasteiger partial charge in [-0.25, -0.2) is 10.2 Å². The predicted octanol–water partition coefficient (Wildman–Crippen LogP) is 5.66. The third-order valence-electron chi connectivity index (χ3n) is 5.54. The van der Waals surface area contributed by atoms with Crippen LogP contribution in [0.15, 0.2) is 102 Å². The highest BCUT2D eigenvalue weighted by molar-refractivity contribution is 5.95. The van der Waals surface area contributed by atoms with Crippen LogP contribution in [0.5, 0.6) is 23.0 Å². The van der Waals surface area contributed by atoms with E-state index in [9.17, 15) is 9.59 Å². The van der Waals surface area contributed by atoms with E-state index < -0.39 is 5.97 Å². The van der Waals surface area contributed by atoms with Gasteiger partial charge in [0.1, 0.15) is 18.1 Å². The molecule has 0 heterocycles. The fourth-order valence-electron chi connectivity index (χ4n) is 3.53. The number of esters is 1. The number of nitrogens with one attached hydrogen (secondary N) is 1. The van der Waals surface area contributed by atoms with Gasteiger partial charge in [0.15, 0.2) is 11.5 Å². The van der Waals surface area contributed by atoms with Gasteiger partial charge in [-0.2, -0.15) is 5.10 Å². The number of ether oxygens (including phenoxy) is 4. The zero-order chi connectivity index (χ0) is 27.5. The summed E-state index contributed by atoms with van der Waals surface area (Å²) in [6.07, 6.45) is 1.47. The van der Waals surface area contributed by atoms with Crippen molar-refractivity contribution in [2.45, 2.75) is 13.5 Å². The molecule has 0 aromatic heterocycles. The molecule has 1 N–H and O–H groups in total. The Morgan fingerprint density at radius 3 is 2.13 bits per heavy atom. The SMILES string of the molecule is CCOc1ccc(C(=O)Oc2ccc(/C=N\NC(=O)c3ccc(OCc4ccccc4)cc3)cc2OC)cc1. The lowest BCUT2D eigenvalue weighted by Gasteiger charge is -2.10. The van der Waals surface area contributed by atoms with Crippen molar-refractivity contribution in [3.8, 4) is 23.0 Å². The number of amides is 1. The smallest absolute Gasteiger partial charge is 0.343 e. The lowest BCUT2D eigenvalue weighted by molar-refractivity contribution is 0.0729. The van der Waals surface area contributed by atoms with E-state index in [1.54, 1.807) is 66.7 Å². The van der Waals surface area contributed by atoms with E-state index >= 15 is 0 Å². The van der Waals surface area contributed by atoms with Crippen molar-refractivity contribution >= 4 is 18.1 Å². The summed E-state index contributed by atoms with van der Waals surface area (Å²) in [4.78, 5) is 25.0. The molecule has 0 bridgehead atoms. The fourth-order valence-corrected chi connectivity index (χ4v) is 3.53. The van der Waals surface area contributed by atoms with Crippen LogP contribution in [0.25, 0.3) is 0 Å². The Morgan fingerprint density at radius 1 is 0.795 bits per heavy atom. The van der Waals surface area contributed by atoms with Gasteiger partial charge in [-0.1, -0.05) is 30.3 Å². The second kappa shape index (κ2) is 13.4. The number of hydrogen-bond acceptors (Lipinski definition) is 7. The van der Waals surface area contributed by atoms with Crippen molar-refractivity contribution in [3.05, 3.63) is 119 Å². The second-order valence-electron chi connectivity index (χ2n) is 8.25. The molecular formula is C31H28N2O6. The Kier molecular flexibility index (Phi) is 9.28. The van der Waals surface area contributed by atoms with Crippen LogP contribution in [0.4, 0.5) is 0 Å². The average molecular weight is 525 g/mol. The number of nitrogens with zero attached hydrogens (tertiary/aromatic N) is 1. The molecule has 39 heavy (non-hydrogen) atoms. The largest absolute Gasteiger partial charge is 0.494 e. The van der Waals surface area contributed by atoms with E-state index in [4.69, 9.17) is 18.9 Å². The summed E-state index contributed by atoms with van der Waals surface area (Å²) in [6, 6.07) is 28.3. The lowest BCUT2D eigenvalue weighted by Crippen LogP contribution is -2.17. The Hall–Kier alpha value is -5.11. The van der Waals surface area contributed by atoms with Gasteiger partial charge in [-0.05, 0) is 84.8 Å². The molecule has 4 aromatic rings. The van der Waals surface area contributed by atoms with Crippen LogP contribution in [0.1, 0.15) is 38.8 Å². The highest BCUT2D eigenvalue weighted by Crippen LogP contribution is 2.28. The molecule has 4 aromatic carbocycles. The van der Waals surface area contributed by atoms with Crippen LogP contribution >= 0.6 is 0 Å². The van der Waals surface area contributed by atoms with Gasteiger partial charge in [0.05, 0.1) is 25.5 Å². The summed E-state index contributed by atoms with van der Waals surface area (Å²) in [5.74, 6) is 1.04. The van der Waals surface area contributed by atoms with Crippen molar-refractivity contribution in [1.82, 2.24) is 5.43 Å². The first-order chi connectivity index (χ1) is 19.1. The van der Waals surface area contributed by atoms with Crippen molar-refractivity contribution in [1.29, 1.82) is 0 Å². The monoisotopic (exact) mass is 524 g/mol. The lowest BCUT2D eigenvalue weighted by atomic mass is 10.2. The van der Waals surface area contributed by atoms with Crippen LogP contribution in [-0.2, 0) is 6.61 Å². The predicted molar refractivity (Wildman–Crippen MR) is 148 cm³/mol. The highest BCUT2D eigenvalue weighted by Gasteiger charge is 2.13. The minimum atomic E-state index is -0.526. The molecule has 0 unspecified atom stereocenters. The number of rotatable bonds is 11. The second-order valence-corrected chi connectivity index (χ2v) is 8.25. The van der Waals surface area contributed by atoms with Gasteiger partial charge in [0.2, 0.25) is 0 Å². The zero-order valence-corrected chi connectivity index (χ0v) is 21.6. The van der Waals surface area contributed by atoms with E-state index in [2.05, 4.69) is 10.5 Å². The van der Waals surface area contributed by atoms with Gasteiger partial charge in [0, 0.05) is 5.56 Å². The summed E-state index contributed by atoms with van der Waals surface area (Å²) < 4.78 is 22.0. The molecule has 8 heteroatoms. The van der Waals surface area contributed by atoms with Crippen LogP contribution in [-0.4, -0.2) is 31.8 Å². The van der Waals surface area contributed by atoms with Gasteiger partial charge < -0.3 is 18.9 Å². The van der Waals surface area contributed by atoms with Gasteiger partial charge in [-0.3, -0.25) is 4.79 Å². The molecule has 0 spiro atoms. The van der Waals surface area contributed by atoms with Gasteiger partial charge in [0.25, 0.3) is 5.91 Å². The Balaban J connectivity index is 1.31. The Bertz CT molecular complexity index is 1420. The molecule has 0 saturated heterocycles. The quantitative estimate of drug-likeness (QED) is 0.118. The van der Waals surface area contributed by atoms with Crippen LogP contribution in [0, 0.1) is 0 Å². The number of methoxy groups -OCH3 is 1. The standard InChI is InChI=1S/C31H28N2O6/c1-3-37-26-16-12-25(13-17-26)31(35)39-28-18-9-23(19-29(28)36-2)20-32-33-30(34)24-10-14-27(15-11-24)38-21-22-7-5-4-6-8-22/h4-20H,3,21H2,1-2H3,(H,33,34)/b32-20-. The molecule has 4 rings (SSSR count). The number of hydrogen-bond donors (Lipinski definition) is 1. The summed E-state index contributed by atoms with van der Waals surface area (Å²) in [5, 5.41) is 4.02. The van der Waals surface area contributed by atoms with Crippen molar-refractivity contribution < 1.29 is 28.5 Å². The summed E-state index contributed by atoms with van der Waals surface area (Å²) in [7, 11) is 1.47. The molecule has 0 saturated carbocycles. The van der Waals surface area contributed by atoms with E-state index in [1.165, 1.54) is 13.3 Å². The number of carbonyl (C=O) groups excluding carboxylic acids is 2. The Labute approximate surface area is 226 Å². The van der Waals surface area contributed by atoms with Gasteiger partial charge >= 0.3 is 5.97 Å². The maximum Gasteiger partial charge on any atom is 0.343 e. The first kappa shape index (κ1) is 26.9. The number of benzene rings is 4. The minimum absolute atomic E-state index is 0.257. The van der Waals surface area contributed by atoms with Crippen molar-refractivity contribution in [2.24, 2.45) is 5.10 Å². The summed E-state index contributed by atoms with van der Waals surface area (Å²) >= 11 is 0. The molecule has 0 aliphatic carbocycles. The van der Waals surface area contributed by atoms with Crippen molar-refractivity contribution in [2.75, 3.05) is 13.7 Å². The van der Waals surface area contributed by atoms with Gasteiger partial charge in [-0.15, -0.1) is 0 Å². The molecule has 0 atom stereocenters. The normalized spacial score (nSPS) is 10.6. The topological polar surface area (TPSA) is 95.5 Å². The molecular weight excluding hydrogens is 496 g/mol. The summed E-state index contributed by atoms with van der Waals surface area (Å²) in [6.45, 7) is 2.87. The van der Waals surface area contributed by atoms with E-state index in [1.807, 2.05) is 37.3 Å². The molecule has 1 amide bonds. The minimum Gasteiger partial charge on any atom is -0.494 e. The summed E-state index contributed by atoms with van der Waals surface area (Å²) in [5.41, 5.74) is 5.01. The molecule has 8 nitrogen and oxygen atoms in total. The van der Waals surface area contributed by atoms with Crippen LogP contribution < -0.4 is 24.4 Å². The number of carbonyl (C=O) groups is 2. The van der Waals surface area contributed by atoms with E-state index in [0.29, 0.717) is 47.2 Å². The maximum atomic E-state index is 12.5. The average Bonchev–Trinajstić information content (AvgIpc) is 2.98. The van der Waals surface area contributed by atoms with Crippen molar-refractivity contribution in [3.63, 3.8) is 0 Å².